The van der Waals surface area contributed by atoms with Crippen LogP contribution in [0.2, 0.25) is 0 Å². The molecule has 0 unspecified atom stereocenters. The Morgan fingerprint density at radius 1 is 1.38 bits per heavy atom. The number of aliphatic hydroxyl groups excluding tert-OH is 1. The van der Waals surface area contributed by atoms with Crippen molar-refractivity contribution in [1.29, 1.82) is 0 Å². The first-order valence-corrected chi connectivity index (χ1v) is 6.72. The van der Waals surface area contributed by atoms with Gasteiger partial charge in [0, 0.05) is 17.0 Å². The molecule has 16 heavy (non-hydrogen) atoms. The normalized spacial score (nSPS) is 12.0. The van der Waals surface area contributed by atoms with Gasteiger partial charge in [-0.1, -0.05) is 20.8 Å². The van der Waals surface area contributed by atoms with E-state index in [2.05, 4.69) is 30.7 Å². The van der Waals surface area contributed by atoms with Crippen LogP contribution < -0.4 is 0 Å². The summed E-state index contributed by atoms with van der Waals surface area (Å²) < 4.78 is 0. The third-order valence-electron chi connectivity index (χ3n) is 2.07. The van der Waals surface area contributed by atoms with E-state index in [4.69, 9.17) is 5.11 Å². The molecule has 0 atom stereocenters. The number of hydrogen-bond donors (Lipinski definition) is 1. The third-order valence-corrected chi connectivity index (χ3v) is 4.35. The average molecular weight is 254 g/mol. The van der Waals surface area contributed by atoms with E-state index in [1.54, 1.807) is 17.5 Å². The fourth-order valence-corrected chi connectivity index (χ4v) is 2.92. The fourth-order valence-electron chi connectivity index (χ4n) is 1.22. The second-order valence-electron chi connectivity index (χ2n) is 4.58. The van der Waals surface area contributed by atoms with Crippen LogP contribution in [0.15, 0.2) is 11.6 Å². The molecule has 2 rings (SSSR count). The first kappa shape index (κ1) is 11.7. The van der Waals surface area contributed by atoms with Crippen LogP contribution in [0.4, 0.5) is 0 Å². The second kappa shape index (κ2) is 4.24. The van der Waals surface area contributed by atoms with Crippen LogP contribution in [0.5, 0.6) is 0 Å². The molecular weight excluding hydrogens is 240 g/mol. The minimum absolute atomic E-state index is 0.0495. The maximum atomic E-state index is 8.98. The molecular formula is C11H14N2OS2. The smallest absolute Gasteiger partial charge is 0.143 e. The van der Waals surface area contributed by atoms with E-state index in [1.165, 1.54) is 11.3 Å². The largest absolute Gasteiger partial charge is 0.391 e. The van der Waals surface area contributed by atoms with Gasteiger partial charge in [0.2, 0.25) is 0 Å². The molecule has 5 heteroatoms. The zero-order valence-corrected chi connectivity index (χ0v) is 11.2. The van der Waals surface area contributed by atoms with E-state index in [0.717, 1.165) is 20.6 Å². The molecule has 0 aromatic carbocycles. The number of thiazole rings is 2. The summed E-state index contributed by atoms with van der Waals surface area (Å²) in [7, 11) is 0. The lowest BCUT2D eigenvalue weighted by atomic mass is 9.98. The van der Waals surface area contributed by atoms with E-state index >= 15 is 0 Å². The van der Waals surface area contributed by atoms with E-state index in [0.29, 0.717) is 0 Å². The average Bonchev–Trinajstić information content (AvgIpc) is 2.85. The van der Waals surface area contributed by atoms with Crippen LogP contribution in [0.3, 0.4) is 0 Å². The highest BCUT2D eigenvalue weighted by Crippen LogP contribution is 2.31. The molecule has 0 aliphatic heterocycles. The Hall–Kier alpha value is -0.780. The van der Waals surface area contributed by atoms with Gasteiger partial charge in [-0.05, 0) is 0 Å². The summed E-state index contributed by atoms with van der Waals surface area (Å²) in [6.45, 7) is 6.50. The van der Waals surface area contributed by atoms with Gasteiger partial charge in [-0.15, -0.1) is 22.7 Å². The van der Waals surface area contributed by atoms with Gasteiger partial charge < -0.3 is 5.11 Å². The molecule has 0 bridgehead atoms. The minimum atomic E-state index is 0.0495. The van der Waals surface area contributed by atoms with Gasteiger partial charge >= 0.3 is 0 Å². The number of hydrogen-bond acceptors (Lipinski definition) is 5. The summed E-state index contributed by atoms with van der Waals surface area (Å²) in [4.78, 5) is 9.71. The summed E-state index contributed by atoms with van der Waals surface area (Å²) in [5.74, 6) is 0. The van der Waals surface area contributed by atoms with E-state index in [1.807, 2.05) is 5.38 Å². The molecule has 0 spiro atoms. The van der Waals surface area contributed by atoms with Crippen LogP contribution in [0.1, 0.15) is 30.7 Å². The standard InChI is InChI=1S/C11H14N2OS2/c1-11(2,3)10-13-8(6-15-10)9-12-4-7(5-14)16-9/h4,6,14H,5H2,1-3H3. The van der Waals surface area contributed by atoms with Gasteiger partial charge in [0.1, 0.15) is 10.7 Å². The molecule has 86 valence electrons. The lowest BCUT2D eigenvalue weighted by Gasteiger charge is -2.13. The molecule has 0 fully saturated rings. The first-order valence-electron chi connectivity index (χ1n) is 5.02. The minimum Gasteiger partial charge on any atom is -0.391 e. The zero-order valence-electron chi connectivity index (χ0n) is 9.52. The van der Waals surface area contributed by atoms with Crippen molar-refractivity contribution in [3.63, 3.8) is 0 Å². The summed E-state index contributed by atoms with van der Waals surface area (Å²) in [6, 6.07) is 0. The molecule has 0 radical (unpaired) electrons. The Bertz CT molecular complexity index is 482. The molecule has 2 heterocycles. The molecule has 0 aliphatic rings. The molecule has 2 aromatic rings. The van der Waals surface area contributed by atoms with Gasteiger partial charge in [0.25, 0.3) is 0 Å². The number of rotatable bonds is 2. The summed E-state index contributed by atoms with van der Waals surface area (Å²) in [6.07, 6.45) is 1.70. The monoisotopic (exact) mass is 254 g/mol. The highest BCUT2D eigenvalue weighted by molar-refractivity contribution is 7.15. The van der Waals surface area contributed by atoms with Crippen molar-refractivity contribution in [2.75, 3.05) is 0 Å². The highest BCUT2D eigenvalue weighted by Gasteiger charge is 2.19. The lowest BCUT2D eigenvalue weighted by molar-refractivity contribution is 0.285. The van der Waals surface area contributed by atoms with Crippen LogP contribution >= 0.6 is 22.7 Å². The summed E-state index contributed by atoms with van der Waals surface area (Å²) in [5, 5.41) is 13.0. The van der Waals surface area contributed by atoms with Crippen LogP contribution in [0.25, 0.3) is 10.7 Å². The molecule has 1 N–H and O–H groups in total. The first-order chi connectivity index (χ1) is 7.50. The van der Waals surface area contributed by atoms with E-state index < -0.39 is 0 Å². The zero-order chi connectivity index (χ0) is 11.8. The molecule has 2 aromatic heterocycles. The molecule has 0 saturated heterocycles. The highest BCUT2D eigenvalue weighted by atomic mass is 32.1. The third kappa shape index (κ3) is 2.31. The lowest BCUT2D eigenvalue weighted by Crippen LogP contribution is -2.10. The maximum Gasteiger partial charge on any atom is 0.143 e. The SMILES string of the molecule is CC(C)(C)c1nc(-c2ncc(CO)s2)cs1. The fraction of sp³-hybridized carbons (Fsp3) is 0.455. The predicted octanol–water partition coefficient (Wildman–Crippen LogP) is 3.06. The Kier molecular flexibility index (Phi) is 3.10. The maximum absolute atomic E-state index is 8.98. The number of aromatic nitrogens is 2. The van der Waals surface area contributed by atoms with Crippen LogP contribution in [-0.4, -0.2) is 15.1 Å². The Labute approximate surface area is 103 Å². The van der Waals surface area contributed by atoms with Crippen molar-refractivity contribution < 1.29 is 5.11 Å². The van der Waals surface area contributed by atoms with Crippen molar-refractivity contribution in [1.82, 2.24) is 9.97 Å². The quantitative estimate of drug-likeness (QED) is 0.896. The second-order valence-corrected chi connectivity index (χ2v) is 6.55. The van der Waals surface area contributed by atoms with Gasteiger partial charge in [-0.25, -0.2) is 9.97 Å². The van der Waals surface area contributed by atoms with Crippen LogP contribution in [0, 0.1) is 0 Å². The van der Waals surface area contributed by atoms with Gasteiger partial charge in [-0.3, -0.25) is 0 Å². The van der Waals surface area contributed by atoms with E-state index in [9.17, 15) is 0 Å². The van der Waals surface area contributed by atoms with Crippen molar-refractivity contribution in [3.8, 4) is 10.7 Å². The van der Waals surface area contributed by atoms with Crippen molar-refractivity contribution in [2.45, 2.75) is 32.8 Å². The van der Waals surface area contributed by atoms with Crippen molar-refractivity contribution in [3.05, 3.63) is 21.5 Å². The summed E-state index contributed by atoms with van der Waals surface area (Å²) >= 11 is 3.15. The molecule has 3 nitrogen and oxygen atoms in total. The predicted molar refractivity (Wildman–Crippen MR) is 67.8 cm³/mol. The Morgan fingerprint density at radius 3 is 2.62 bits per heavy atom. The number of aliphatic hydroxyl groups is 1. The van der Waals surface area contributed by atoms with Crippen molar-refractivity contribution in [2.24, 2.45) is 0 Å². The Balaban J connectivity index is 2.31. The topological polar surface area (TPSA) is 46.0 Å². The Morgan fingerprint density at radius 2 is 2.12 bits per heavy atom. The van der Waals surface area contributed by atoms with E-state index in [-0.39, 0.29) is 12.0 Å². The number of nitrogens with zero attached hydrogens (tertiary/aromatic N) is 2. The molecule has 0 aliphatic carbocycles. The molecule has 0 amide bonds. The van der Waals surface area contributed by atoms with Gasteiger partial charge in [0.15, 0.2) is 0 Å². The summed E-state index contributed by atoms with van der Waals surface area (Å²) in [5.41, 5.74) is 1.000. The molecule has 0 saturated carbocycles. The van der Waals surface area contributed by atoms with Crippen LogP contribution in [-0.2, 0) is 12.0 Å². The van der Waals surface area contributed by atoms with Crippen molar-refractivity contribution >= 4 is 22.7 Å². The van der Waals surface area contributed by atoms with Gasteiger partial charge in [-0.2, -0.15) is 0 Å². The van der Waals surface area contributed by atoms with Gasteiger partial charge in [0.05, 0.1) is 16.5 Å².